The molecular formula is C34H48O8. The fourth-order valence-corrected chi connectivity index (χ4v) is 11.0. The molecule has 0 amide bonds. The monoisotopic (exact) mass is 584 g/mol. The van der Waals surface area contributed by atoms with Crippen molar-refractivity contribution in [1.82, 2.24) is 0 Å². The van der Waals surface area contributed by atoms with Crippen LogP contribution in [0.2, 0.25) is 0 Å². The van der Waals surface area contributed by atoms with Crippen molar-refractivity contribution in [3.63, 3.8) is 0 Å². The van der Waals surface area contributed by atoms with Crippen molar-refractivity contribution < 1.29 is 38.9 Å². The maximum Gasteiger partial charge on any atom is 0.303 e. The Morgan fingerprint density at radius 3 is 2.38 bits per heavy atom. The van der Waals surface area contributed by atoms with Gasteiger partial charge in [-0.1, -0.05) is 47.3 Å². The van der Waals surface area contributed by atoms with E-state index in [4.69, 9.17) is 9.47 Å². The molecule has 0 radical (unpaired) electrons. The van der Waals surface area contributed by atoms with Crippen molar-refractivity contribution >= 4 is 23.5 Å². The standard InChI is InChI=1S/C34H48O8/c1-17(15-35)18(2)29(40)30(42-22(6)37)20(4)28-25(41-21(5)36)14-32(8)26-13-24(39)27-19(3)23(38)9-10-34(27)16-33(26,34)12-11-31(28,32)7/h9-10,17,19-20,24-28,30,35,39H,2,11-16H2,1,3-8H3/t17-,19+,20-,24+,25-,26-,27+,28-,30+,31+,32-,33-,34+/m0/s1. The SMILES string of the molecule is C=C(C(=O)[C@H](OC(C)=O)[C@@H](C)[C@H]1[C@@H](OC(C)=O)C[C@@]2(C)[C@@H]3C[C@@H](O)[C@H]4[C@H](C)C(=O)C=C[C@@]45C[C@@]35CC[C@]12C)[C@@H](C)CO. The molecule has 13 atom stereocenters. The molecule has 2 N–H and O–H groups in total. The predicted octanol–water partition coefficient (Wildman–Crippen LogP) is 4.21. The first-order valence-electron chi connectivity index (χ1n) is 15.6. The minimum Gasteiger partial charge on any atom is -0.462 e. The highest BCUT2D eigenvalue weighted by atomic mass is 16.6. The molecule has 0 aromatic rings. The van der Waals surface area contributed by atoms with Gasteiger partial charge in [0.1, 0.15) is 6.10 Å². The van der Waals surface area contributed by atoms with E-state index in [1.807, 2.05) is 13.8 Å². The molecule has 5 rings (SSSR count). The number of esters is 2. The summed E-state index contributed by atoms with van der Waals surface area (Å²) in [4.78, 5) is 51.1. The Labute approximate surface area is 249 Å². The summed E-state index contributed by atoms with van der Waals surface area (Å²) in [5.74, 6) is -2.82. The first-order valence-corrected chi connectivity index (χ1v) is 15.6. The van der Waals surface area contributed by atoms with E-state index in [-0.39, 0.29) is 57.9 Å². The van der Waals surface area contributed by atoms with Gasteiger partial charge in [0.2, 0.25) is 0 Å². The van der Waals surface area contributed by atoms with E-state index in [1.165, 1.54) is 13.8 Å². The van der Waals surface area contributed by atoms with Crippen molar-refractivity contribution in [2.24, 2.45) is 57.2 Å². The Morgan fingerprint density at radius 2 is 1.79 bits per heavy atom. The zero-order valence-electron chi connectivity index (χ0n) is 26.1. The minimum absolute atomic E-state index is 0.0362. The lowest BCUT2D eigenvalue weighted by atomic mass is 9.43. The van der Waals surface area contributed by atoms with Crippen LogP contribution in [0.25, 0.3) is 0 Å². The van der Waals surface area contributed by atoms with Gasteiger partial charge in [-0.25, -0.2) is 0 Å². The molecule has 2 spiro atoms. The number of aliphatic hydroxyl groups is 2. The van der Waals surface area contributed by atoms with E-state index in [0.29, 0.717) is 12.8 Å². The van der Waals surface area contributed by atoms with E-state index in [2.05, 4.69) is 26.5 Å². The first kappa shape index (κ1) is 31.1. The molecule has 42 heavy (non-hydrogen) atoms. The van der Waals surface area contributed by atoms with Crippen molar-refractivity contribution in [2.45, 2.75) is 98.9 Å². The van der Waals surface area contributed by atoms with Gasteiger partial charge >= 0.3 is 11.9 Å². The van der Waals surface area contributed by atoms with Crippen LogP contribution in [0.15, 0.2) is 24.3 Å². The number of hydrogen-bond acceptors (Lipinski definition) is 8. The molecule has 0 unspecified atom stereocenters. The topological polar surface area (TPSA) is 127 Å². The highest BCUT2D eigenvalue weighted by Gasteiger charge is 2.83. The quantitative estimate of drug-likeness (QED) is 0.321. The second-order valence-corrected chi connectivity index (χ2v) is 14.9. The van der Waals surface area contributed by atoms with Crippen LogP contribution in [0.3, 0.4) is 0 Å². The summed E-state index contributed by atoms with van der Waals surface area (Å²) < 4.78 is 11.8. The third-order valence-electron chi connectivity index (χ3n) is 13.1. The van der Waals surface area contributed by atoms with Crippen LogP contribution in [0.1, 0.15) is 80.6 Å². The van der Waals surface area contributed by atoms with Gasteiger partial charge in [-0.2, -0.15) is 0 Å². The van der Waals surface area contributed by atoms with Crippen LogP contribution in [0, 0.1) is 57.2 Å². The van der Waals surface area contributed by atoms with Gasteiger partial charge in [0, 0.05) is 55.5 Å². The molecule has 5 aliphatic carbocycles. The molecule has 0 aliphatic heterocycles. The number of ketones is 2. The Hall–Kier alpha value is -2.32. The zero-order chi connectivity index (χ0) is 31.2. The number of aliphatic hydroxyl groups excluding tert-OH is 2. The average Bonchev–Trinajstić information content (AvgIpc) is 3.50. The van der Waals surface area contributed by atoms with E-state index in [1.54, 1.807) is 13.0 Å². The van der Waals surface area contributed by atoms with Crippen molar-refractivity contribution in [1.29, 1.82) is 0 Å². The molecule has 4 fully saturated rings. The highest BCUT2D eigenvalue weighted by Crippen LogP contribution is 2.87. The number of carbonyl (C=O) groups excluding carboxylic acids is 4. The van der Waals surface area contributed by atoms with Crippen LogP contribution < -0.4 is 0 Å². The molecule has 5 aliphatic rings. The van der Waals surface area contributed by atoms with E-state index in [9.17, 15) is 29.4 Å². The Kier molecular flexibility index (Phi) is 7.49. The molecule has 8 heteroatoms. The lowest BCUT2D eigenvalue weighted by Gasteiger charge is -2.61. The second kappa shape index (κ2) is 10.1. The number of Topliss-reactive ketones (excluding diaryl/α,β-unsaturated/α-hetero) is 1. The van der Waals surface area contributed by atoms with Gasteiger partial charge in [-0.05, 0) is 65.9 Å². The summed E-state index contributed by atoms with van der Waals surface area (Å²) in [5.41, 5.74) is -0.797. The molecule has 0 heterocycles. The number of ether oxygens (including phenoxy) is 2. The molecule has 8 nitrogen and oxygen atoms in total. The lowest BCUT2D eigenvalue weighted by Crippen LogP contribution is -2.58. The fraction of sp³-hybridized carbons (Fsp3) is 0.765. The summed E-state index contributed by atoms with van der Waals surface area (Å²) in [6.07, 6.45) is 5.40. The summed E-state index contributed by atoms with van der Waals surface area (Å²) in [6.45, 7) is 16.4. The number of hydrogen-bond donors (Lipinski definition) is 2. The van der Waals surface area contributed by atoms with Gasteiger partial charge < -0.3 is 19.7 Å². The van der Waals surface area contributed by atoms with Crippen LogP contribution in [-0.2, 0) is 28.7 Å². The Bertz CT molecular complexity index is 1240. The molecule has 0 aromatic heterocycles. The molecule has 0 bridgehead atoms. The Balaban J connectivity index is 1.56. The molecule has 0 aromatic carbocycles. The maximum absolute atomic E-state index is 13.7. The molecule has 232 valence electrons. The van der Waals surface area contributed by atoms with Crippen LogP contribution >= 0.6 is 0 Å². The predicted molar refractivity (Wildman–Crippen MR) is 155 cm³/mol. The molecular weight excluding hydrogens is 536 g/mol. The number of fused-ring (bicyclic) bond motifs is 2. The highest BCUT2D eigenvalue weighted by molar-refractivity contribution is 5.99. The summed E-state index contributed by atoms with van der Waals surface area (Å²) in [6, 6.07) is 0. The van der Waals surface area contributed by atoms with Crippen molar-refractivity contribution in [3.05, 3.63) is 24.3 Å². The fourth-order valence-electron chi connectivity index (χ4n) is 11.0. The summed E-state index contributed by atoms with van der Waals surface area (Å²) in [7, 11) is 0. The molecule has 4 saturated carbocycles. The van der Waals surface area contributed by atoms with Gasteiger partial charge in [-0.15, -0.1) is 0 Å². The normalized spacial score (nSPS) is 45.3. The summed E-state index contributed by atoms with van der Waals surface area (Å²) >= 11 is 0. The van der Waals surface area contributed by atoms with Gasteiger partial charge in [0.15, 0.2) is 17.7 Å². The van der Waals surface area contributed by atoms with Gasteiger partial charge in [0.05, 0.1) is 6.10 Å². The number of carbonyl (C=O) groups is 4. The van der Waals surface area contributed by atoms with Crippen molar-refractivity contribution in [3.8, 4) is 0 Å². The third kappa shape index (κ3) is 4.06. The smallest absolute Gasteiger partial charge is 0.303 e. The van der Waals surface area contributed by atoms with Gasteiger partial charge in [-0.3, -0.25) is 19.2 Å². The first-order chi connectivity index (χ1) is 19.5. The van der Waals surface area contributed by atoms with Crippen LogP contribution in [0.4, 0.5) is 0 Å². The van der Waals surface area contributed by atoms with E-state index in [0.717, 1.165) is 19.3 Å². The van der Waals surface area contributed by atoms with E-state index < -0.39 is 53.3 Å². The zero-order valence-corrected chi connectivity index (χ0v) is 26.1. The Morgan fingerprint density at radius 1 is 1.12 bits per heavy atom. The average molecular weight is 585 g/mol. The maximum atomic E-state index is 13.7. The van der Waals surface area contributed by atoms with Gasteiger partial charge in [0.25, 0.3) is 0 Å². The third-order valence-corrected chi connectivity index (χ3v) is 13.1. The van der Waals surface area contributed by atoms with E-state index >= 15 is 0 Å². The lowest BCUT2D eigenvalue weighted by molar-refractivity contribution is -0.170. The minimum atomic E-state index is -1.14. The van der Waals surface area contributed by atoms with Crippen LogP contribution in [-0.4, -0.2) is 58.6 Å². The summed E-state index contributed by atoms with van der Waals surface area (Å²) in [5, 5.41) is 21.3. The number of rotatable bonds is 8. The largest absolute Gasteiger partial charge is 0.462 e. The molecule has 0 saturated heterocycles. The number of allylic oxidation sites excluding steroid dienone is 2. The second-order valence-electron chi connectivity index (χ2n) is 14.9. The van der Waals surface area contributed by atoms with Crippen molar-refractivity contribution in [2.75, 3.05) is 6.61 Å². The van der Waals surface area contributed by atoms with Crippen LogP contribution in [0.5, 0.6) is 0 Å².